The van der Waals surface area contributed by atoms with Crippen molar-refractivity contribution in [1.82, 2.24) is 4.98 Å². The molecule has 0 unspecified atom stereocenters. The van der Waals surface area contributed by atoms with E-state index < -0.39 is 10.3 Å². The first-order valence-electron chi connectivity index (χ1n) is 4.05. The zero-order chi connectivity index (χ0) is 9.97. The first-order chi connectivity index (χ1) is 6.77. The lowest BCUT2D eigenvalue weighted by atomic mass is 10.1. The van der Waals surface area contributed by atoms with Crippen molar-refractivity contribution in [2.45, 2.75) is 0 Å². The summed E-state index contributed by atoms with van der Waals surface area (Å²) in [4.78, 5) is 4.11. The molecule has 1 aliphatic carbocycles. The predicted molar refractivity (Wildman–Crippen MR) is 53.0 cm³/mol. The van der Waals surface area contributed by atoms with Crippen molar-refractivity contribution in [2.24, 2.45) is 0 Å². The van der Waals surface area contributed by atoms with Crippen LogP contribution in [0.25, 0.3) is 11.3 Å². The second-order valence-corrected chi connectivity index (χ2v) is 3.73. The first-order valence-corrected chi connectivity index (χ1v) is 5.12. The van der Waals surface area contributed by atoms with Gasteiger partial charge in [-0.15, -0.1) is 0 Å². The van der Waals surface area contributed by atoms with Gasteiger partial charge in [0.1, 0.15) is 0 Å². The monoisotopic (exact) mass is 205 g/mol. The number of nitrogens with zero attached hydrogens (tertiary/aromatic N) is 1. The lowest BCUT2D eigenvalue weighted by Gasteiger charge is -1.95. The maximum Gasteiger partial charge on any atom is 0.221 e. The first kappa shape index (κ1) is 8.90. The van der Waals surface area contributed by atoms with E-state index in [0.717, 1.165) is 5.56 Å². The van der Waals surface area contributed by atoms with Gasteiger partial charge < -0.3 is 0 Å². The molecule has 0 N–H and O–H groups in total. The SMILES string of the molecule is O=S(=O)=c1ccc2ccccnc-2c1. The van der Waals surface area contributed by atoms with Gasteiger partial charge in [-0.2, -0.15) is 8.42 Å². The fourth-order valence-corrected chi connectivity index (χ4v) is 1.60. The van der Waals surface area contributed by atoms with Crippen LogP contribution in [0.1, 0.15) is 0 Å². The normalized spacial score (nSPS) is 10.0. The number of hydrogen-bond donors (Lipinski definition) is 0. The zero-order valence-corrected chi connectivity index (χ0v) is 8.03. The summed E-state index contributed by atoms with van der Waals surface area (Å²) < 4.78 is 21.7. The van der Waals surface area contributed by atoms with Crippen molar-refractivity contribution in [3.8, 4) is 11.3 Å². The van der Waals surface area contributed by atoms with E-state index in [1.807, 2.05) is 12.1 Å². The molecule has 0 atom stereocenters. The molecule has 0 amide bonds. The topological polar surface area (TPSA) is 47.0 Å². The maximum absolute atomic E-state index is 10.7. The van der Waals surface area contributed by atoms with Gasteiger partial charge in [0.25, 0.3) is 0 Å². The van der Waals surface area contributed by atoms with Crippen LogP contribution in [-0.2, 0) is 10.3 Å². The molecular weight excluding hydrogens is 198 g/mol. The van der Waals surface area contributed by atoms with Crippen LogP contribution >= 0.6 is 0 Å². The van der Waals surface area contributed by atoms with Gasteiger partial charge in [-0.25, -0.2) is 0 Å². The fourth-order valence-electron chi connectivity index (χ4n) is 1.21. The smallest absolute Gasteiger partial charge is 0.221 e. The van der Waals surface area contributed by atoms with Crippen LogP contribution in [0.4, 0.5) is 0 Å². The fraction of sp³-hybridized carbons (Fsp3) is 0. The van der Waals surface area contributed by atoms with Crippen LogP contribution in [0.3, 0.4) is 0 Å². The molecule has 3 nitrogen and oxygen atoms in total. The van der Waals surface area contributed by atoms with Crippen LogP contribution in [0.5, 0.6) is 0 Å². The molecule has 70 valence electrons. The van der Waals surface area contributed by atoms with Gasteiger partial charge in [0, 0.05) is 11.8 Å². The molecule has 0 aromatic carbocycles. The Morgan fingerprint density at radius 2 is 1.93 bits per heavy atom. The molecule has 2 rings (SSSR count). The Morgan fingerprint density at radius 3 is 2.71 bits per heavy atom. The Balaban J connectivity index is 2.94. The zero-order valence-electron chi connectivity index (χ0n) is 7.21. The van der Waals surface area contributed by atoms with E-state index in [4.69, 9.17) is 0 Å². The van der Waals surface area contributed by atoms with Crippen molar-refractivity contribution >= 4 is 10.3 Å². The Kier molecular flexibility index (Phi) is 2.28. The average molecular weight is 205 g/mol. The van der Waals surface area contributed by atoms with Gasteiger partial charge in [-0.1, -0.05) is 18.2 Å². The van der Waals surface area contributed by atoms with Crippen LogP contribution in [-0.4, -0.2) is 13.4 Å². The van der Waals surface area contributed by atoms with Crippen molar-refractivity contribution in [3.63, 3.8) is 0 Å². The largest absolute Gasteiger partial charge is 0.256 e. The van der Waals surface area contributed by atoms with Crippen molar-refractivity contribution < 1.29 is 8.42 Å². The molecule has 0 spiro atoms. The van der Waals surface area contributed by atoms with E-state index in [0.29, 0.717) is 5.69 Å². The summed E-state index contributed by atoms with van der Waals surface area (Å²) in [5.74, 6) is 0. The quantitative estimate of drug-likeness (QED) is 0.614. The standard InChI is InChI=1S/C10H7NO2S/c12-14(13)9-5-4-8-3-1-2-6-11-10(8)7-9/h1-7H. The summed E-state index contributed by atoms with van der Waals surface area (Å²) in [6.45, 7) is 0. The maximum atomic E-state index is 10.7. The minimum atomic E-state index is -2.19. The third kappa shape index (κ3) is 1.65. The van der Waals surface area contributed by atoms with E-state index in [2.05, 4.69) is 4.98 Å². The molecule has 1 aliphatic heterocycles. The van der Waals surface area contributed by atoms with Gasteiger partial charge in [-0.3, -0.25) is 4.98 Å². The summed E-state index contributed by atoms with van der Waals surface area (Å²) in [5, 5.41) is 0. The van der Waals surface area contributed by atoms with E-state index in [9.17, 15) is 8.42 Å². The van der Waals surface area contributed by atoms with Crippen LogP contribution in [0.15, 0.2) is 42.6 Å². The number of hydrogen-bond acceptors (Lipinski definition) is 3. The minimum absolute atomic E-state index is 0.260. The van der Waals surface area contributed by atoms with Crippen LogP contribution in [0, 0.1) is 4.51 Å². The lowest BCUT2D eigenvalue weighted by molar-refractivity contribution is 0.625. The molecule has 0 saturated heterocycles. The highest BCUT2D eigenvalue weighted by molar-refractivity contribution is 7.63. The van der Waals surface area contributed by atoms with Crippen molar-refractivity contribution in [2.75, 3.05) is 0 Å². The third-order valence-electron chi connectivity index (χ3n) is 1.88. The Morgan fingerprint density at radius 1 is 1.07 bits per heavy atom. The number of benzene rings is 1. The molecule has 0 bridgehead atoms. The molecular formula is C10H7NO2S. The van der Waals surface area contributed by atoms with Crippen LogP contribution < -0.4 is 0 Å². The van der Waals surface area contributed by atoms with E-state index in [-0.39, 0.29) is 4.51 Å². The Hall–Kier alpha value is -1.68. The van der Waals surface area contributed by atoms with Crippen molar-refractivity contribution in [3.05, 3.63) is 47.1 Å². The second kappa shape index (κ2) is 3.59. The minimum Gasteiger partial charge on any atom is -0.256 e. The molecule has 0 aromatic heterocycles. The summed E-state index contributed by atoms with van der Waals surface area (Å²) in [6.07, 6.45) is 1.64. The van der Waals surface area contributed by atoms with E-state index in [1.165, 1.54) is 0 Å². The highest BCUT2D eigenvalue weighted by Crippen LogP contribution is 2.16. The highest BCUT2D eigenvalue weighted by atomic mass is 32.2. The molecule has 2 aliphatic rings. The van der Waals surface area contributed by atoms with Gasteiger partial charge in [-0.05, 0) is 18.2 Å². The number of fused-ring (bicyclic) bond motifs is 1. The summed E-state index contributed by atoms with van der Waals surface area (Å²) in [5.41, 5.74) is 1.60. The summed E-state index contributed by atoms with van der Waals surface area (Å²) in [6, 6.07) is 10.4. The lowest BCUT2D eigenvalue weighted by Crippen LogP contribution is -1.80. The van der Waals surface area contributed by atoms with E-state index in [1.54, 1.807) is 30.5 Å². The van der Waals surface area contributed by atoms with Gasteiger partial charge in [0.15, 0.2) is 0 Å². The number of aromatic nitrogens is 1. The highest BCUT2D eigenvalue weighted by Gasteiger charge is 1.98. The van der Waals surface area contributed by atoms with Gasteiger partial charge in [0.05, 0.1) is 10.2 Å². The Labute approximate surface area is 82.6 Å². The molecule has 0 aromatic rings. The molecule has 4 heteroatoms. The molecule has 1 heterocycles. The molecule has 0 radical (unpaired) electrons. The summed E-state index contributed by atoms with van der Waals surface area (Å²) in [7, 11) is -2.19. The second-order valence-electron chi connectivity index (χ2n) is 2.79. The molecule has 14 heavy (non-hydrogen) atoms. The van der Waals surface area contributed by atoms with E-state index >= 15 is 0 Å². The predicted octanol–water partition coefficient (Wildman–Crippen LogP) is 1.60. The average Bonchev–Trinajstić information content (AvgIpc) is 2.41. The molecule has 0 saturated carbocycles. The molecule has 0 fully saturated rings. The summed E-state index contributed by atoms with van der Waals surface area (Å²) >= 11 is 0. The van der Waals surface area contributed by atoms with Gasteiger partial charge in [0.2, 0.25) is 10.3 Å². The van der Waals surface area contributed by atoms with Crippen LogP contribution in [0.2, 0.25) is 0 Å². The van der Waals surface area contributed by atoms with Crippen molar-refractivity contribution in [1.29, 1.82) is 0 Å². The number of rotatable bonds is 0. The Bertz CT molecular complexity index is 597. The van der Waals surface area contributed by atoms with Gasteiger partial charge >= 0.3 is 0 Å². The third-order valence-corrected chi connectivity index (χ3v) is 2.52.